The Morgan fingerprint density at radius 2 is 1.84 bits per heavy atom. The van der Waals surface area contributed by atoms with Crippen molar-refractivity contribution in [2.45, 2.75) is 77.5 Å². The average molecular weight is 694 g/mol. The molecule has 0 N–H and O–H groups in total. The van der Waals surface area contributed by atoms with Crippen molar-refractivity contribution >= 4 is 11.7 Å². The van der Waals surface area contributed by atoms with Crippen LogP contribution in [0.15, 0.2) is 43.0 Å². The predicted molar refractivity (Wildman–Crippen MR) is 182 cm³/mol. The van der Waals surface area contributed by atoms with Gasteiger partial charge in [-0.05, 0) is 77.4 Å². The van der Waals surface area contributed by atoms with E-state index in [0.717, 1.165) is 75.4 Å². The number of amides is 1. The Morgan fingerprint density at radius 1 is 1.04 bits per heavy atom. The Labute approximate surface area is 291 Å². The maximum atomic E-state index is 14.3. The van der Waals surface area contributed by atoms with Crippen LogP contribution < -0.4 is 14.4 Å². The van der Waals surface area contributed by atoms with E-state index in [9.17, 15) is 18.0 Å². The summed E-state index contributed by atoms with van der Waals surface area (Å²) in [6.07, 6.45) is 8.52. The maximum absolute atomic E-state index is 14.3. The van der Waals surface area contributed by atoms with Gasteiger partial charge in [-0.3, -0.25) is 19.6 Å². The number of pyridine rings is 1. The van der Waals surface area contributed by atoms with Gasteiger partial charge >= 0.3 is 0 Å². The van der Waals surface area contributed by atoms with Gasteiger partial charge in [-0.15, -0.1) is 0 Å². The van der Waals surface area contributed by atoms with E-state index in [0.29, 0.717) is 31.2 Å². The van der Waals surface area contributed by atoms with E-state index in [4.69, 9.17) is 9.47 Å². The zero-order valence-electron chi connectivity index (χ0n) is 29.1. The summed E-state index contributed by atoms with van der Waals surface area (Å²) < 4.78 is 54.3. The molecule has 0 atom stereocenters. The average Bonchev–Trinajstić information content (AvgIpc) is 3.41. The fraction of sp³-hybridized carbons (Fsp3) is 0.568. The van der Waals surface area contributed by atoms with Crippen molar-refractivity contribution in [2.24, 2.45) is 5.41 Å². The first-order chi connectivity index (χ1) is 24.0. The van der Waals surface area contributed by atoms with Crippen LogP contribution in [0, 0.1) is 11.2 Å². The molecule has 0 bridgehead atoms. The van der Waals surface area contributed by atoms with Crippen molar-refractivity contribution in [3.05, 3.63) is 65.6 Å². The molecule has 3 aromatic rings. The molecule has 4 aliphatic rings. The predicted octanol–water partition coefficient (Wildman–Crippen LogP) is 5.81. The summed E-state index contributed by atoms with van der Waals surface area (Å²) in [6.45, 7) is 11.4. The molecule has 268 valence electrons. The van der Waals surface area contributed by atoms with Crippen molar-refractivity contribution in [3.63, 3.8) is 0 Å². The fourth-order valence-corrected chi connectivity index (χ4v) is 8.02. The zero-order chi connectivity index (χ0) is 35.0. The summed E-state index contributed by atoms with van der Waals surface area (Å²) in [6, 6.07) is 5.90. The molecule has 1 saturated carbocycles. The number of fused-ring (bicyclic) bond motifs is 1. The van der Waals surface area contributed by atoms with Crippen LogP contribution in [-0.4, -0.2) is 106 Å². The highest BCUT2D eigenvalue weighted by Crippen LogP contribution is 2.52. The van der Waals surface area contributed by atoms with Crippen LogP contribution in [0.2, 0.25) is 0 Å². The Morgan fingerprint density at radius 3 is 2.58 bits per heavy atom. The molecule has 2 saturated heterocycles. The van der Waals surface area contributed by atoms with Crippen molar-refractivity contribution in [1.82, 2.24) is 29.7 Å². The Balaban J connectivity index is 0.941. The first kappa shape index (κ1) is 34.5. The molecular weight excluding hydrogens is 647 g/mol. The number of aromatic nitrogens is 3. The second kappa shape index (κ2) is 14.0. The molecule has 3 aliphatic heterocycles. The summed E-state index contributed by atoms with van der Waals surface area (Å²) in [4.78, 5) is 34.8. The zero-order valence-corrected chi connectivity index (χ0v) is 29.1. The van der Waals surface area contributed by atoms with Gasteiger partial charge in [0.2, 0.25) is 0 Å². The Hall–Kier alpha value is -3.97. The lowest BCUT2D eigenvalue weighted by atomic mass is 9.61. The SMILES string of the molecule is CCN(C(=O)c1cc(F)ccc1Oc1cncnc1N1CC2(CC(Oc3ccnc4c3CN(CCCN3CCC(F)(F)C3)CC4)C2)C1)C(C)C. The molecule has 7 rings (SSSR count). The monoisotopic (exact) mass is 693 g/mol. The lowest BCUT2D eigenvalue weighted by Gasteiger charge is -2.59. The number of carbonyl (C=O) groups excluding carboxylic acids is 1. The van der Waals surface area contributed by atoms with Gasteiger partial charge in [0.05, 0.1) is 18.3 Å². The number of benzene rings is 1. The van der Waals surface area contributed by atoms with Crippen LogP contribution in [0.4, 0.5) is 19.0 Å². The molecule has 10 nitrogen and oxygen atoms in total. The fourth-order valence-electron chi connectivity index (χ4n) is 8.02. The minimum absolute atomic E-state index is 0.0363. The number of hydrogen-bond donors (Lipinski definition) is 0. The summed E-state index contributed by atoms with van der Waals surface area (Å²) >= 11 is 0. The highest BCUT2D eigenvalue weighted by atomic mass is 19.3. The molecule has 0 radical (unpaired) electrons. The Bertz CT molecular complexity index is 1690. The van der Waals surface area contributed by atoms with E-state index in [-0.39, 0.29) is 47.7 Å². The number of carbonyl (C=O) groups is 1. The molecular formula is C37H46F3N7O3. The first-order valence-electron chi connectivity index (χ1n) is 17.8. The van der Waals surface area contributed by atoms with Gasteiger partial charge < -0.3 is 19.3 Å². The van der Waals surface area contributed by atoms with E-state index >= 15 is 0 Å². The van der Waals surface area contributed by atoms with E-state index in [1.54, 1.807) is 11.1 Å². The quantitative estimate of drug-likeness (QED) is 0.233. The number of nitrogens with zero attached hydrogens (tertiary/aromatic N) is 7. The molecule has 5 heterocycles. The van der Waals surface area contributed by atoms with Gasteiger partial charge in [-0.2, -0.15) is 0 Å². The Kier molecular flexibility index (Phi) is 9.64. The molecule has 3 fully saturated rings. The third-order valence-electron chi connectivity index (χ3n) is 10.6. The van der Waals surface area contributed by atoms with Crippen LogP contribution in [0.1, 0.15) is 68.1 Å². The van der Waals surface area contributed by atoms with Crippen molar-refractivity contribution in [2.75, 3.05) is 57.3 Å². The molecule has 13 heteroatoms. The van der Waals surface area contributed by atoms with E-state index in [1.807, 2.05) is 37.9 Å². The van der Waals surface area contributed by atoms with Crippen molar-refractivity contribution < 1.29 is 27.4 Å². The second-order valence-electron chi connectivity index (χ2n) is 14.6. The molecule has 1 aliphatic carbocycles. The lowest BCUT2D eigenvalue weighted by molar-refractivity contribution is -0.0353. The van der Waals surface area contributed by atoms with E-state index < -0.39 is 11.7 Å². The molecule has 1 spiro atoms. The number of halogens is 3. The third-order valence-corrected chi connectivity index (χ3v) is 10.6. The van der Waals surface area contributed by atoms with Crippen LogP contribution in [0.5, 0.6) is 17.2 Å². The number of alkyl halides is 2. The molecule has 50 heavy (non-hydrogen) atoms. The van der Waals surface area contributed by atoms with Gasteiger partial charge in [-0.1, -0.05) is 0 Å². The van der Waals surface area contributed by atoms with Crippen molar-refractivity contribution in [3.8, 4) is 17.2 Å². The van der Waals surface area contributed by atoms with Crippen LogP contribution in [0.3, 0.4) is 0 Å². The van der Waals surface area contributed by atoms with Gasteiger partial charge in [-0.25, -0.2) is 23.1 Å². The van der Waals surface area contributed by atoms with Gasteiger partial charge in [0, 0.05) is 81.0 Å². The number of likely N-dealkylation sites (tertiary alicyclic amines) is 1. The number of ether oxygens (including phenoxy) is 2. The van der Waals surface area contributed by atoms with Crippen LogP contribution in [-0.2, 0) is 13.0 Å². The first-order valence-corrected chi connectivity index (χ1v) is 17.8. The van der Waals surface area contributed by atoms with E-state index in [1.165, 1.54) is 24.5 Å². The lowest BCUT2D eigenvalue weighted by Crippen LogP contribution is -2.65. The summed E-state index contributed by atoms with van der Waals surface area (Å²) in [5, 5.41) is 0. The highest BCUT2D eigenvalue weighted by Gasteiger charge is 2.54. The van der Waals surface area contributed by atoms with Gasteiger partial charge in [0.1, 0.15) is 29.7 Å². The third kappa shape index (κ3) is 7.25. The summed E-state index contributed by atoms with van der Waals surface area (Å²) in [7, 11) is 0. The minimum Gasteiger partial charge on any atom is -0.490 e. The van der Waals surface area contributed by atoms with Crippen LogP contribution >= 0.6 is 0 Å². The van der Waals surface area contributed by atoms with E-state index in [2.05, 4.69) is 24.8 Å². The molecule has 0 unspecified atom stereocenters. The topological polar surface area (TPSA) is 87.2 Å². The largest absolute Gasteiger partial charge is 0.490 e. The van der Waals surface area contributed by atoms with Crippen LogP contribution in [0.25, 0.3) is 0 Å². The van der Waals surface area contributed by atoms with Crippen molar-refractivity contribution in [1.29, 1.82) is 0 Å². The normalized spacial score (nSPS) is 20.0. The highest BCUT2D eigenvalue weighted by molar-refractivity contribution is 5.97. The molecule has 1 aromatic carbocycles. The molecule has 1 amide bonds. The minimum atomic E-state index is -2.55. The number of anilines is 1. The molecule has 2 aromatic heterocycles. The number of hydrogen-bond acceptors (Lipinski definition) is 9. The maximum Gasteiger partial charge on any atom is 0.261 e. The standard InChI is InChI=1S/C37H46F3N7O3/c1-4-47(25(2)3)35(48)28-16-26(38)6-7-31(28)50-33-19-41-24-43-34(33)46-21-36(22-46)17-27(18-36)49-32-8-11-42-30-9-14-44(20-29(30)32)12-5-13-45-15-10-37(39,40)23-45/h6-8,11,16,19,24-25,27H,4-5,9-10,12-15,17-18,20-23H2,1-3H3. The number of rotatable bonds is 12. The second-order valence-corrected chi connectivity index (χ2v) is 14.6. The van der Waals surface area contributed by atoms with Gasteiger partial charge in [0.25, 0.3) is 11.8 Å². The van der Waals surface area contributed by atoms with Gasteiger partial charge in [0.15, 0.2) is 11.6 Å². The summed E-state index contributed by atoms with van der Waals surface area (Å²) in [5.41, 5.74) is 2.49. The smallest absolute Gasteiger partial charge is 0.261 e. The summed E-state index contributed by atoms with van der Waals surface area (Å²) in [5.74, 6) is -1.15.